The third-order valence-corrected chi connectivity index (χ3v) is 7.04. The summed E-state index contributed by atoms with van der Waals surface area (Å²) in [5.74, 6) is -0.102. The Labute approximate surface area is 203 Å². The van der Waals surface area contributed by atoms with Crippen LogP contribution in [-0.2, 0) is 22.6 Å². The monoisotopic (exact) mass is 480 g/mol. The van der Waals surface area contributed by atoms with Gasteiger partial charge in [-0.2, -0.15) is 0 Å². The molecule has 1 N–H and O–H groups in total. The molecular formula is C27H29FN2O3S. The van der Waals surface area contributed by atoms with Gasteiger partial charge in [0.05, 0.1) is 13.5 Å². The van der Waals surface area contributed by atoms with E-state index in [0.717, 1.165) is 36.1 Å². The minimum absolute atomic E-state index is 0.112. The lowest BCUT2D eigenvalue weighted by Crippen LogP contribution is -2.46. The lowest BCUT2D eigenvalue weighted by molar-refractivity contribution is -0.141. The van der Waals surface area contributed by atoms with E-state index >= 15 is 0 Å². The lowest BCUT2D eigenvalue weighted by Gasteiger charge is -2.32. The second kappa shape index (κ2) is 11.3. The summed E-state index contributed by atoms with van der Waals surface area (Å²) in [6.07, 6.45) is 4.25. The molecule has 0 unspecified atom stereocenters. The molecule has 0 aliphatic heterocycles. The molecular weight excluding hydrogens is 451 g/mol. The zero-order valence-corrected chi connectivity index (χ0v) is 20.0. The van der Waals surface area contributed by atoms with Crippen LogP contribution in [-0.4, -0.2) is 29.9 Å². The number of methoxy groups -OCH3 is 1. The van der Waals surface area contributed by atoms with Gasteiger partial charge in [0, 0.05) is 17.5 Å². The fourth-order valence-corrected chi connectivity index (χ4v) is 5.10. The molecule has 7 heteroatoms. The summed E-state index contributed by atoms with van der Waals surface area (Å²) >= 11 is 1.51. The molecule has 1 atom stereocenters. The van der Waals surface area contributed by atoms with Crippen LogP contribution in [0.4, 0.5) is 4.39 Å². The second-order valence-corrected chi connectivity index (χ2v) is 9.61. The quantitative estimate of drug-likeness (QED) is 0.454. The van der Waals surface area contributed by atoms with Gasteiger partial charge in [0.25, 0.3) is 0 Å². The number of carbonyl (C=O) groups excluding carboxylic acids is 2. The van der Waals surface area contributed by atoms with Gasteiger partial charge in [0.1, 0.15) is 17.6 Å². The van der Waals surface area contributed by atoms with E-state index in [9.17, 15) is 14.0 Å². The zero-order chi connectivity index (χ0) is 23.9. The molecule has 0 bridgehead atoms. The van der Waals surface area contributed by atoms with Crippen molar-refractivity contribution in [1.29, 1.82) is 0 Å². The van der Waals surface area contributed by atoms with Crippen molar-refractivity contribution < 1.29 is 18.7 Å². The van der Waals surface area contributed by atoms with Crippen LogP contribution < -0.4 is 10.1 Å². The normalized spacial score (nSPS) is 14.5. The van der Waals surface area contributed by atoms with Crippen LogP contribution in [0.15, 0.2) is 66.0 Å². The maximum absolute atomic E-state index is 13.7. The summed E-state index contributed by atoms with van der Waals surface area (Å²) in [5, 5.41) is 5.10. The summed E-state index contributed by atoms with van der Waals surface area (Å²) in [6, 6.07) is 16.4. The van der Waals surface area contributed by atoms with Crippen LogP contribution in [0.2, 0.25) is 0 Å². The van der Waals surface area contributed by atoms with Crippen molar-refractivity contribution in [3.05, 3.63) is 87.9 Å². The maximum Gasteiger partial charge on any atom is 0.247 e. The number of halogens is 1. The molecule has 5 nitrogen and oxygen atoms in total. The Kier molecular flexibility index (Phi) is 7.95. The van der Waals surface area contributed by atoms with Crippen LogP contribution in [0.25, 0.3) is 0 Å². The third-order valence-electron chi connectivity index (χ3n) is 6.16. The molecule has 1 fully saturated rings. The standard InChI is InChI=1S/C27H29FN2O3S/c1-33-23-9-4-6-20(16-23)26(27(32)29-22-7-2-3-8-22)30(18-19-11-13-21(28)14-12-19)25(31)17-24-10-5-15-34-24/h4-6,9-16,22,26H,2-3,7-8,17-18H2,1H3,(H,29,32)/t26-/m1/s1. The number of nitrogens with zero attached hydrogens (tertiary/aromatic N) is 1. The Morgan fingerprint density at radius 1 is 1.12 bits per heavy atom. The SMILES string of the molecule is COc1cccc([C@H](C(=O)NC2CCCC2)N(Cc2ccc(F)cc2)C(=O)Cc2cccs2)c1. The molecule has 2 amide bonds. The van der Waals surface area contributed by atoms with Crippen molar-refractivity contribution >= 4 is 23.2 Å². The first-order chi connectivity index (χ1) is 16.5. The van der Waals surface area contributed by atoms with Crippen LogP contribution >= 0.6 is 11.3 Å². The predicted octanol–water partition coefficient (Wildman–Crippen LogP) is 5.27. The van der Waals surface area contributed by atoms with E-state index < -0.39 is 6.04 Å². The Bertz CT molecular complexity index is 1100. The Morgan fingerprint density at radius 3 is 2.56 bits per heavy atom. The fraction of sp³-hybridized carbons (Fsp3) is 0.333. The molecule has 1 aromatic heterocycles. The summed E-state index contributed by atoms with van der Waals surface area (Å²) in [6.45, 7) is 0.185. The topological polar surface area (TPSA) is 58.6 Å². The molecule has 0 spiro atoms. The van der Waals surface area contributed by atoms with Gasteiger partial charge in [0.2, 0.25) is 11.8 Å². The Balaban J connectivity index is 1.71. The van der Waals surface area contributed by atoms with E-state index in [1.807, 2.05) is 35.7 Å². The first kappa shape index (κ1) is 24.0. The zero-order valence-electron chi connectivity index (χ0n) is 19.2. The van der Waals surface area contributed by atoms with Crippen molar-refractivity contribution in [1.82, 2.24) is 10.2 Å². The van der Waals surface area contributed by atoms with Crippen molar-refractivity contribution in [3.8, 4) is 5.75 Å². The van der Waals surface area contributed by atoms with E-state index in [0.29, 0.717) is 11.3 Å². The predicted molar refractivity (Wildman–Crippen MR) is 131 cm³/mol. The van der Waals surface area contributed by atoms with Crippen molar-refractivity contribution in [2.75, 3.05) is 7.11 Å². The first-order valence-corrected chi connectivity index (χ1v) is 12.4. The van der Waals surface area contributed by atoms with E-state index in [1.165, 1.54) is 23.5 Å². The lowest BCUT2D eigenvalue weighted by atomic mass is 10.0. The van der Waals surface area contributed by atoms with Crippen LogP contribution in [0.3, 0.4) is 0 Å². The number of amides is 2. The molecule has 0 saturated heterocycles. The molecule has 1 aliphatic carbocycles. The summed E-state index contributed by atoms with van der Waals surface area (Å²) in [5.41, 5.74) is 1.43. The third kappa shape index (κ3) is 6.03. The van der Waals surface area contributed by atoms with Gasteiger partial charge in [-0.05, 0) is 59.7 Å². The second-order valence-electron chi connectivity index (χ2n) is 8.57. The first-order valence-electron chi connectivity index (χ1n) is 11.5. The van der Waals surface area contributed by atoms with E-state index in [2.05, 4.69) is 5.32 Å². The van der Waals surface area contributed by atoms with E-state index in [1.54, 1.807) is 30.2 Å². The molecule has 1 aliphatic rings. The smallest absolute Gasteiger partial charge is 0.247 e. The maximum atomic E-state index is 13.7. The van der Waals surface area contributed by atoms with E-state index in [4.69, 9.17) is 4.74 Å². The summed E-state index contributed by atoms with van der Waals surface area (Å²) in [4.78, 5) is 29.9. The van der Waals surface area contributed by atoms with Crippen LogP contribution in [0.5, 0.6) is 5.75 Å². The van der Waals surface area contributed by atoms with Crippen LogP contribution in [0.1, 0.15) is 47.7 Å². The van der Waals surface area contributed by atoms with Gasteiger partial charge in [-0.1, -0.05) is 43.2 Å². The van der Waals surface area contributed by atoms with Gasteiger partial charge >= 0.3 is 0 Å². The average Bonchev–Trinajstić information content (AvgIpc) is 3.54. The Hall–Kier alpha value is -3.19. The minimum Gasteiger partial charge on any atom is -0.497 e. The molecule has 1 saturated carbocycles. The van der Waals surface area contributed by atoms with Crippen molar-refractivity contribution in [2.24, 2.45) is 0 Å². The number of carbonyl (C=O) groups is 2. The van der Waals surface area contributed by atoms with Crippen molar-refractivity contribution in [2.45, 2.75) is 50.7 Å². The molecule has 3 aromatic rings. The number of benzene rings is 2. The number of thiophene rings is 1. The highest BCUT2D eigenvalue weighted by Crippen LogP contribution is 2.29. The highest BCUT2D eigenvalue weighted by Gasteiger charge is 2.33. The molecule has 1 heterocycles. The van der Waals surface area contributed by atoms with Gasteiger partial charge in [-0.15, -0.1) is 11.3 Å². The molecule has 4 rings (SSSR count). The molecule has 0 radical (unpaired) electrons. The minimum atomic E-state index is -0.840. The number of nitrogens with one attached hydrogen (secondary N) is 1. The number of hydrogen-bond donors (Lipinski definition) is 1. The largest absolute Gasteiger partial charge is 0.497 e. The van der Waals surface area contributed by atoms with Crippen LogP contribution in [0, 0.1) is 5.82 Å². The summed E-state index contributed by atoms with van der Waals surface area (Å²) in [7, 11) is 1.57. The highest BCUT2D eigenvalue weighted by molar-refractivity contribution is 7.10. The van der Waals surface area contributed by atoms with Gasteiger partial charge < -0.3 is 15.0 Å². The summed E-state index contributed by atoms with van der Waals surface area (Å²) < 4.78 is 18.9. The van der Waals surface area contributed by atoms with Gasteiger partial charge in [-0.25, -0.2) is 4.39 Å². The molecule has 34 heavy (non-hydrogen) atoms. The number of hydrogen-bond acceptors (Lipinski definition) is 4. The van der Waals surface area contributed by atoms with Crippen molar-refractivity contribution in [3.63, 3.8) is 0 Å². The fourth-order valence-electron chi connectivity index (χ4n) is 4.41. The highest BCUT2D eigenvalue weighted by atomic mass is 32.1. The van der Waals surface area contributed by atoms with Gasteiger partial charge in [0.15, 0.2) is 0 Å². The molecule has 2 aromatic carbocycles. The van der Waals surface area contributed by atoms with Gasteiger partial charge in [-0.3, -0.25) is 9.59 Å². The molecule has 178 valence electrons. The average molecular weight is 481 g/mol. The Morgan fingerprint density at radius 2 is 1.88 bits per heavy atom. The number of rotatable bonds is 9. The van der Waals surface area contributed by atoms with E-state index in [-0.39, 0.29) is 36.6 Å². The number of ether oxygens (including phenoxy) is 1.